The molecule has 2 aromatic rings. The summed E-state index contributed by atoms with van der Waals surface area (Å²) in [5, 5.41) is 0. The SMILES string of the molecule is COc1cccc(C=C2SC(=S)N(CCCC(=O)NNC(=O)c3ccc(F)cc3)C2=O)c1. The summed E-state index contributed by atoms with van der Waals surface area (Å²) < 4.78 is 18.5. The number of amides is 3. The van der Waals surface area contributed by atoms with Gasteiger partial charge in [-0.25, -0.2) is 4.39 Å². The minimum Gasteiger partial charge on any atom is -0.497 e. The Hall–Kier alpha value is -3.24. The molecule has 1 aliphatic rings. The number of halogens is 1. The molecule has 1 aliphatic heterocycles. The van der Waals surface area contributed by atoms with Crippen molar-refractivity contribution >= 4 is 52.1 Å². The summed E-state index contributed by atoms with van der Waals surface area (Å²) in [5.41, 5.74) is 5.60. The van der Waals surface area contributed by atoms with Gasteiger partial charge in [-0.15, -0.1) is 0 Å². The van der Waals surface area contributed by atoms with Gasteiger partial charge in [-0.2, -0.15) is 0 Å². The number of thioether (sulfide) groups is 1. The standard InChI is InChI=1S/C22H20FN3O4S2/c1-30-17-5-2-4-14(12-17)13-18-21(29)26(22(31)32-18)11-3-6-19(27)24-25-20(28)15-7-9-16(23)10-8-15/h2,4-5,7-10,12-13H,3,6,11H2,1H3,(H,24,27)(H,25,28). The first kappa shape index (κ1) is 23.4. The van der Waals surface area contributed by atoms with E-state index in [2.05, 4.69) is 10.9 Å². The number of nitrogens with one attached hydrogen (secondary N) is 2. The van der Waals surface area contributed by atoms with E-state index in [4.69, 9.17) is 17.0 Å². The lowest BCUT2D eigenvalue weighted by Crippen LogP contribution is -2.41. The molecule has 2 N–H and O–H groups in total. The highest BCUT2D eigenvalue weighted by Crippen LogP contribution is 2.33. The molecule has 0 aliphatic carbocycles. The van der Waals surface area contributed by atoms with Crippen LogP contribution < -0.4 is 15.6 Å². The summed E-state index contributed by atoms with van der Waals surface area (Å²) in [4.78, 5) is 38.5. The number of hydrazine groups is 1. The van der Waals surface area contributed by atoms with Gasteiger partial charge in [-0.1, -0.05) is 36.1 Å². The van der Waals surface area contributed by atoms with E-state index in [-0.39, 0.29) is 24.4 Å². The molecule has 1 fully saturated rings. The molecule has 10 heteroatoms. The van der Waals surface area contributed by atoms with E-state index in [1.165, 1.54) is 28.8 Å². The van der Waals surface area contributed by atoms with Crippen molar-refractivity contribution in [2.45, 2.75) is 12.8 Å². The Kier molecular flexibility index (Phi) is 7.96. The van der Waals surface area contributed by atoms with Crippen molar-refractivity contribution in [1.82, 2.24) is 15.8 Å². The smallest absolute Gasteiger partial charge is 0.269 e. The van der Waals surface area contributed by atoms with Crippen molar-refractivity contribution in [3.63, 3.8) is 0 Å². The van der Waals surface area contributed by atoms with Crippen molar-refractivity contribution in [3.05, 3.63) is 70.4 Å². The van der Waals surface area contributed by atoms with Gasteiger partial charge >= 0.3 is 0 Å². The van der Waals surface area contributed by atoms with Crippen LogP contribution in [0.2, 0.25) is 0 Å². The van der Waals surface area contributed by atoms with Gasteiger partial charge in [-0.3, -0.25) is 30.1 Å². The van der Waals surface area contributed by atoms with Crippen molar-refractivity contribution in [2.75, 3.05) is 13.7 Å². The highest BCUT2D eigenvalue weighted by atomic mass is 32.2. The molecule has 3 rings (SSSR count). The largest absolute Gasteiger partial charge is 0.497 e. The molecule has 32 heavy (non-hydrogen) atoms. The summed E-state index contributed by atoms with van der Waals surface area (Å²) in [6, 6.07) is 12.3. The third-order valence-electron chi connectivity index (χ3n) is 4.47. The molecule has 7 nitrogen and oxygen atoms in total. The monoisotopic (exact) mass is 473 g/mol. The van der Waals surface area contributed by atoms with Gasteiger partial charge in [0.15, 0.2) is 0 Å². The number of ether oxygens (including phenoxy) is 1. The molecule has 0 saturated carbocycles. The minimum absolute atomic E-state index is 0.0791. The summed E-state index contributed by atoms with van der Waals surface area (Å²) in [5.74, 6) is -0.963. The van der Waals surface area contributed by atoms with Gasteiger partial charge in [0.25, 0.3) is 11.8 Å². The highest BCUT2D eigenvalue weighted by molar-refractivity contribution is 8.26. The Morgan fingerprint density at radius 3 is 2.66 bits per heavy atom. The van der Waals surface area contributed by atoms with Gasteiger partial charge in [-0.05, 0) is 54.5 Å². The number of benzene rings is 2. The number of hydrogen-bond acceptors (Lipinski definition) is 6. The fraction of sp³-hybridized carbons (Fsp3) is 0.182. The van der Waals surface area contributed by atoms with Gasteiger partial charge in [0, 0.05) is 18.5 Å². The molecule has 0 bridgehead atoms. The van der Waals surface area contributed by atoms with Crippen LogP contribution in [0.5, 0.6) is 5.75 Å². The fourth-order valence-electron chi connectivity index (χ4n) is 2.84. The quantitative estimate of drug-likeness (QED) is 0.365. The zero-order valence-corrected chi connectivity index (χ0v) is 18.7. The lowest BCUT2D eigenvalue weighted by molar-refractivity contribution is -0.124. The van der Waals surface area contributed by atoms with Gasteiger partial charge in [0.05, 0.1) is 12.0 Å². The summed E-state index contributed by atoms with van der Waals surface area (Å²) >= 11 is 6.51. The molecule has 0 atom stereocenters. The Morgan fingerprint density at radius 1 is 1.19 bits per heavy atom. The van der Waals surface area contributed by atoms with Crippen LogP contribution in [0.1, 0.15) is 28.8 Å². The molecular weight excluding hydrogens is 453 g/mol. The number of carbonyl (C=O) groups is 3. The van der Waals surface area contributed by atoms with Crippen LogP contribution >= 0.6 is 24.0 Å². The predicted octanol–water partition coefficient (Wildman–Crippen LogP) is 3.28. The van der Waals surface area contributed by atoms with Crippen LogP contribution in [0.15, 0.2) is 53.4 Å². The van der Waals surface area contributed by atoms with Crippen LogP contribution in [0.4, 0.5) is 4.39 Å². The van der Waals surface area contributed by atoms with E-state index in [1.54, 1.807) is 13.2 Å². The van der Waals surface area contributed by atoms with Crippen LogP contribution in [0, 0.1) is 5.82 Å². The molecule has 1 heterocycles. The number of nitrogens with zero attached hydrogens (tertiary/aromatic N) is 1. The Bertz CT molecular complexity index is 1070. The van der Waals surface area contributed by atoms with Gasteiger partial charge in [0.1, 0.15) is 15.9 Å². The Labute approximate surface area is 194 Å². The molecule has 2 aromatic carbocycles. The number of thiocarbonyl (C=S) groups is 1. The number of methoxy groups -OCH3 is 1. The molecule has 0 radical (unpaired) electrons. The third-order valence-corrected chi connectivity index (χ3v) is 5.85. The molecular formula is C22H20FN3O4S2. The molecule has 3 amide bonds. The number of carbonyl (C=O) groups excluding carboxylic acids is 3. The maximum atomic E-state index is 12.9. The Morgan fingerprint density at radius 2 is 1.94 bits per heavy atom. The number of rotatable bonds is 7. The first-order valence-corrected chi connectivity index (χ1v) is 10.8. The lowest BCUT2D eigenvalue weighted by Gasteiger charge is -2.14. The van der Waals surface area contributed by atoms with E-state index in [1.807, 2.05) is 24.3 Å². The third kappa shape index (κ3) is 6.14. The van der Waals surface area contributed by atoms with Crippen LogP contribution in [0.3, 0.4) is 0 Å². The van der Waals surface area contributed by atoms with Gasteiger partial charge < -0.3 is 4.74 Å². The maximum Gasteiger partial charge on any atom is 0.269 e. The zero-order valence-electron chi connectivity index (χ0n) is 17.1. The second-order valence-electron chi connectivity index (χ2n) is 6.72. The molecule has 0 spiro atoms. The average molecular weight is 474 g/mol. The van der Waals surface area contributed by atoms with E-state index < -0.39 is 17.6 Å². The van der Waals surface area contributed by atoms with E-state index in [0.29, 0.717) is 21.4 Å². The second kappa shape index (κ2) is 10.9. The van der Waals surface area contributed by atoms with E-state index in [9.17, 15) is 18.8 Å². The van der Waals surface area contributed by atoms with Crippen molar-refractivity contribution in [2.24, 2.45) is 0 Å². The van der Waals surface area contributed by atoms with Gasteiger partial charge in [0.2, 0.25) is 5.91 Å². The van der Waals surface area contributed by atoms with E-state index in [0.717, 1.165) is 17.7 Å². The lowest BCUT2D eigenvalue weighted by atomic mass is 10.2. The first-order chi connectivity index (χ1) is 15.4. The van der Waals surface area contributed by atoms with Crippen LogP contribution in [-0.2, 0) is 9.59 Å². The highest BCUT2D eigenvalue weighted by Gasteiger charge is 2.31. The molecule has 166 valence electrons. The summed E-state index contributed by atoms with van der Waals surface area (Å²) in [7, 11) is 1.57. The number of hydrogen-bond donors (Lipinski definition) is 2. The van der Waals surface area contributed by atoms with Crippen molar-refractivity contribution < 1.29 is 23.5 Å². The van der Waals surface area contributed by atoms with Crippen LogP contribution in [0.25, 0.3) is 6.08 Å². The molecule has 0 unspecified atom stereocenters. The van der Waals surface area contributed by atoms with E-state index >= 15 is 0 Å². The predicted molar refractivity (Wildman–Crippen MR) is 124 cm³/mol. The summed E-state index contributed by atoms with van der Waals surface area (Å²) in [6.07, 6.45) is 2.19. The maximum absolute atomic E-state index is 12.9. The Balaban J connectivity index is 1.47. The first-order valence-electron chi connectivity index (χ1n) is 9.61. The second-order valence-corrected chi connectivity index (χ2v) is 8.40. The fourth-order valence-corrected chi connectivity index (χ4v) is 4.14. The van der Waals surface area contributed by atoms with Crippen molar-refractivity contribution in [1.29, 1.82) is 0 Å². The van der Waals surface area contributed by atoms with Crippen molar-refractivity contribution in [3.8, 4) is 5.75 Å². The molecule has 0 aromatic heterocycles. The molecule has 1 saturated heterocycles. The topological polar surface area (TPSA) is 87.7 Å². The van der Waals surface area contributed by atoms with Crippen LogP contribution in [-0.4, -0.2) is 40.6 Å². The zero-order chi connectivity index (χ0) is 23.1. The normalized spacial score (nSPS) is 14.6. The minimum atomic E-state index is -0.557. The summed E-state index contributed by atoms with van der Waals surface area (Å²) in [6.45, 7) is 0.277. The average Bonchev–Trinajstić information content (AvgIpc) is 3.05.